The van der Waals surface area contributed by atoms with E-state index in [0.717, 1.165) is 12.1 Å². The summed E-state index contributed by atoms with van der Waals surface area (Å²) in [7, 11) is 0. The van der Waals surface area contributed by atoms with E-state index in [1.165, 1.54) is 12.8 Å². The number of carbonyl (C=O) groups excluding carboxylic acids is 1. The number of benzene rings is 1. The Bertz CT molecular complexity index is 860. The van der Waals surface area contributed by atoms with Gasteiger partial charge in [0.25, 0.3) is 5.91 Å². The zero-order valence-electron chi connectivity index (χ0n) is 16.1. The molecule has 1 aromatic carbocycles. The van der Waals surface area contributed by atoms with Gasteiger partial charge in [-0.3, -0.25) is 4.79 Å². The van der Waals surface area contributed by atoms with Gasteiger partial charge in [-0.2, -0.15) is 0 Å². The zero-order chi connectivity index (χ0) is 19.2. The molecule has 2 aliphatic carbocycles. The molecule has 4 rings (SSSR count). The summed E-state index contributed by atoms with van der Waals surface area (Å²) < 4.78 is 0. The Labute approximate surface area is 160 Å². The molecule has 2 fully saturated rings. The Morgan fingerprint density at radius 1 is 1.19 bits per heavy atom. The van der Waals surface area contributed by atoms with Crippen LogP contribution >= 0.6 is 0 Å². The number of anilines is 3. The Kier molecular flexibility index (Phi) is 4.09. The first-order valence-corrected chi connectivity index (χ1v) is 9.55. The summed E-state index contributed by atoms with van der Waals surface area (Å²) in [4.78, 5) is 21.4. The van der Waals surface area contributed by atoms with Crippen LogP contribution in [0.15, 0.2) is 36.5 Å². The molecule has 0 aliphatic heterocycles. The number of fused-ring (bicyclic) bond motifs is 2. The van der Waals surface area contributed by atoms with Crippen LogP contribution < -0.4 is 16.4 Å². The van der Waals surface area contributed by atoms with Crippen LogP contribution in [0.25, 0.3) is 0 Å². The zero-order valence-corrected chi connectivity index (χ0v) is 16.1. The minimum absolute atomic E-state index is 0.130. The first kappa shape index (κ1) is 17.8. The van der Waals surface area contributed by atoms with Crippen LogP contribution in [-0.4, -0.2) is 21.9 Å². The van der Waals surface area contributed by atoms with Crippen molar-refractivity contribution in [2.75, 3.05) is 11.1 Å². The second-order valence-electron chi connectivity index (χ2n) is 8.72. The number of nitrogens with zero attached hydrogens (tertiary/aromatic N) is 2. The topological polar surface area (TPSA) is 92.9 Å². The predicted molar refractivity (Wildman–Crippen MR) is 107 cm³/mol. The minimum Gasteiger partial charge on any atom is -0.399 e. The molecule has 1 amide bonds. The van der Waals surface area contributed by atoms with Crippen LogP contribution in [-0.2, 0) is 0 Å². The molecule has 4 N–H and O–H groups in total. The number of nitrogen functional groups attached to an aromatic ring is 1. The predicted octanol–water partition coefficient (Wildman–Crippen LogP) is 3.75. The van der Waals surface area contributed by atoms with E-state index in [9.17, 15) is 4.79 Å². The van der Waals surface area contributed by atoms with Gasteiger partial charge in [-0.25, -0.2) is 9.97 Å². The average molecular weight is 365 g/mol. The van der Waals surface area contributed by atoms with Crippen molar-refractivity contribution in [3.8, 4) is 0 Å². The molecule has 0 spiro atoms. The number of aromatic nitrogens is 2. The standard InChI is InChI=1S/C21H27N5O/c1-20(2)15-8-10-21(20,3)12-17(15)25-18(27)16-9-11-23-19(26-16)24-14-6-4-13(22)5-7-14/h4-7,9,11,15,17H,8,10,12,22H2,1-3H3,(H,25,27)(H,23,24,26). The molecule has 3 unspecified atom stereocenters. The van der Waals surface area contributed by atoms with Gasteiger partial charge in [0.1, 0.15) is 5.69 Å². The lowest BCUT2D eigenvalue weighted by Gasteiger charge is -2.33. The van der Waals surface area contributed by atoms with E-state index in [1.807, 2.05) is 12.1 Å². The van der Waals surface area contributed by atoms with Crippen molar-refractivity contribution in [1.82, 2.24) is 15.3 Å². The quantitative estimate of drug-likeness (QED) is 0.718. The summed E-state index contributed by atoms with van der Waals surface area (Å²) in [6.07, 6.45) is 5.08. The molecule has 6 heteroatoms. The summed E-state index contributed by atoms with van der Waals surface area (Å²) in [6, 6.07) is 9.18. The molecular weight excluding hydrogens is 338 g/mol. The maximum absolute atomic E-state index is 12.8. The van der Waals surface area contributed by atoms with Gasteiger partial charge in [-0.15, -0.1) is 0 Å². The van der Waals surface area contributed by atoms with E-state index in [0.29, 0.717) is 28.7 Å². The first-order chi connectivity index (χ1) is 12.8. The van der Waals surface area contributed by atoms with Crippen molar-refractivity contribution < 1.29 is 4.79 Å². The first-order valence-electron chi connectivity index (χ1n) is 9.55. The van der Waals surface area contributed by atoms with E-state index in [-0.39, 0.29) is 17.4 Å². The SMILES string of the molecule is CC12CCC(C(NC(=O)c3ccnc(Nc4ccc(N)cc4)n3)C1)C2(C)C. The lowest BCUT2D eigenvalue weighted by molar-refractivity contribution is 0.0912. The monoisotopic (exact) mass is 365 g/mol. The van der Waals surface area contributed by atoms with Gasteiger partial charge in [-0.05, 0) is 66.3 Å². The number of hydrogen-bond donors (Lipinski definition) is 3. The fourth-order valence-corrected chi connectivity index (χ4v) is 4.94. The molecule has 0 radical (unpaired) electrons. The van der Waals surface area contributed by atoms with Gasteiger partial charge in [0.05, 0.1) is 0 Å². The van der Waals surface area contributed by atoms with E-state index in [2.05, 4.69) is 41.4 Å². The summed E-state index contributed by atoms with van der Waals surface area (Å²) in [6.45, 7) is 7.05. The maximum atomic E-state index is 12.8. The highest BCUT2D eigenvalue weighted by atomic mass is 16.2. The fraction of sp³-hybridized carbons (Fsp3) is 0.476. The highest BCUT2D eigenvalue weighted by molar-refractivity contribution is 5.92. The molecule has 3 atom stereocenters. The Morgan fingerprint density at radius 2 is 1.93 bits per heavy atom. The van der Waals surface area contributed by atoms with E-state index >= 15 is 0 Å². The largest absolute Gasteiger partial charge is 0.399 e. The van der Waals surface area contributed by atoms with Crippen molar-refractivity contribution in [3.63, 3.8) is 0 Å². The molecule has 0 saturated heterocycles. The van der Waals surface area contributed by atoms with Crippen molar-refractivity contribution in [2.24, 2.45) is 16.7 Å². The van der Waals surface area contributed by atoms with Gasteiger partial charge >= 0.3 is 0 Å². The molecule has 6 nitrogen and oxygen atoms in total. The molecule has 2 saturated carbocycles. The van der Waals surface area contributed by atoms with Gasteiger partial charge < -0.3 is 16.4 Å². The number of carbonyl (C=O) groups is 1. The molecule has 2 bridgehead atoms. The van der Waals surface area contributed by atoms with Crippen molar-refractivity contribution in [2.45, 2.75) is 46.1 Å². The summed E-state index contributed by atoms with van der Waals surface area (Å²) in [5.41, 5.74) is 8.17. The maximum Gasteiger partial charge on any atom is 0.270 e. The van der Waals surface area contributed by atoms with Gasteiger partial charge in [0.15, 0.2) is 0 Å². The Hall–Kier alpha value is -2.63. The highest BCUT2D eigenvalue weighted by Crippen LogP contribution is 2.65. The number of nitrogens with one attached hydrogen (secondary N) is 2. The molecular formula is C21H27N5O. The highest BCUT2D eigenvalue weighted by Gasteiger charge is 2.60. The van der Waals surface area contributed by atoms with Crippen LogP contribution in [0.4, 0.5) is 17.3 Å². The fourth-order valence-electron chi connectivity index (χ4n) is 4.94. The van der Waals surface area contributed by atoms with Crippen LogP contribution in [0.1, 0.15) is 50.5 Å². The lowest BCUT2D eigenvalue weighted by atomic mass is 9.71. The van der Waals surface area contributed by atoms with Gasteiger partial charge in [0, 0.05) is 23.6 Å². The third-order valence-electron chi connectivity index (χ3n) is 7.02. The van der Waals surface area contributed by atoms with E-state index in [4.69, 9.17) is 5.73 Å². The molecule has 142 valence electrons. The minimum atomic E-state index is -0.130. The normalized spacial score (nSPS) is 28.1. The van der Waals surface area contributed by atoms with Crippen LogP contribution in [0.3, 0.4) is 0 Å². The van der Waals surface area contributed by atoms with E-state index in [1.54, 1.807) is 24.4 Å². The summed E-state index contributed by atoms with van der Waals surface area (Å²) >= 11 is 0. The number of hydrogen-bond acceptors (Lipinski definition) is 5. The third-order valence-corrected chi connectivity index (χ3v) is 7.02. The average Bonchev–Trinajstić information content (AvgIpc) is 2.96. The number of rotatable bonds is 4. The van der Waals surface area contributed by atoms with Crippen molar-refractivity contribution >= 4 is 23.2 Å². The molecule has 1 heterocycles. The van der Waals surface area contributed by atoms with Crippen molar-refractivity contribution in [1.29, 1.82) is 0 Å². The summed E-state index contributed by atoms with van der Waals surface area (Å²) in [5, 5.41) is 6.34. The van der Waals surface area contributed by atoms with Gasteiger partial charge in [-0.1, -0.05) is 20.8 Å². The molecule has 2 aliphatic rings. The lowest BCUT2D eigenvalue weighted by Crippen LogP contribution is -2.40. The van der Waals surface area contributed by atoms with Crippen LogP contribution in [0.5, 0.6) is 0 Å². The van der Waals surface area contributed by atoms with Crippen LogP contribution in [0, 0.1) is 16.7 Å². The summed E-state index contributed by atoms with van der Waals surface area (Å²) in [5.74, 6) is 0.794. The number of amides is 1. The Balaban J connectivity index is 1.46. The Morgan fingerprint density at radius 3 is 2.56 bits per heavy atom. The van der Waals surface area contributed by atoms with Gasteiger partial charge in [0.2, 0.25) is 5.95 Å². The smallest absolute Gasteiger partial charge is 0.270 e. The molecule has 27 heavy (non-hydrogen) atoms. The molecule has 2 aromatic rings. The van der Waals surface area contributed by atoms with Crippen LogP contribution in [0.2, 0.25) is 0 Å². The number of nitrogens with two attached hydrogens (primary N) is 1. The second-order valence-corrected chi connectivity index (χ2v) is 8.72. The van der Waals surface area contributed by atoms with E-state index < -0.39 is 0 Å². The third kappa shape index (κ3) is 3.03. The van der Waals surface area contributed by atoms with Crippen molar-refractivity contribution in [3.05, 3.63) is 42.2 Å². The molecule has 1 aromatic heterocycles. The second kappa shape index (κ2) is 6.22.